The number of anilines is 3. The highest BCUT2D eigenvalue weighted by atomic mass is 32.1. The summed E-state index contributed by atoms with van der Waals surface area (Å²) in [5.41, 5.74) is 7.70. The molecule has 0 atom stereocenters. The van der Waals surface area contributed by atoms with E-state index in [-0.39, 0.29) is 11.4 Å². The quantitative estimate of drug-likeness (QED) is 0.261. The van der Waals surface area contributed by atoms with Gasteiger partial charge < -0.3 is 16.4 Å². The van der Waals surface area contributed by atoms with Gasteiger partial charge in [-0.2, -0.15) is 5.10 Å². The van der Waals surface area contributed by atoms with Crippen molar-refractivity contribution >= 4 is 44.5 Å². The zero-order chi connectivity index (χ0) is 25.2. The lowest BCUT2D eigenvalue weighted by Gasteiger charge is -2.14. The van der Waals surface area contributed by atoms with Gasteiger partial charge in [-0.05, 0) is 59.8 Å². The van der Waals surface area contributed by atoms with Crippen LogP contribution in [0, 0.1) is 12.7 Å². The number of thiophene rings is 1. The van der Waals surface area contributed by atoms with E-state index >= 15 is 0 Å². The Morgan fingerprint density at radius 2 is 1.97 bits per heavy atom. The highest BCUT2D eigenvalue weighted by Crippen LogP contribution is 2.32. The number of hydrogen-bond donors (Lipinski definition) is 4. The van der Waals surface area contributed by atoms with E-state index in [9.17, 15) is 14.0 Å². The number of benzene rings is 2. The molecule has 5 aromatic rings. The van der Waals surface area contributed by atoms with Crippen LogP contribution in [0.2, 0.25) is 0 Å². The van der Waals surface area contributed by atoms with Gasteiger partial charge in [-0.25, -0.2) is 14.5 Å². The Kier molecular flexibility index (Phi) is 6.28. The minimum absolute atomic E-state index is 0.0523. The molecule has 0 bridgehead atoms. The number of hydrogen-bond acceptors (Lipinski definition) is 7. The van der Waals surface area contributed by atoms with Crippen LogP contribution in [0.1, 0.15) is 20.8 Å². The first-order chi connectivity index (χ1) is 17.4. The third-order valence-electron chi connectivity index (χ3n) is 5.70. The van der Waals surface area contributed by atoms with Crippen LogP contribution >= 0.6 is 11.3 Å². The minimum atomic E-state index is -0.572. The average molecular weight is 501 g/mol. The molecule has 0 saturated heterocycles. The topological polar surface area (TPSA) is 126 Å². The number of amides is 1. The largest absolute Gasteiger partial charge is 0.336 e. The molecular weight excluding hydrogens is 479 g/mol. The van der Waals surface area contributed by atoms with Gasteiger partial charge in [-0.3, -0.25) is 9.59 Å². The molecule has 180 valence electrons. The second-order valence-electron chi connectivity index (χ2n) is 8.07. The van der Waals surface area contributed by atoms with E-state index in [1.807, 2.05) is 24.3 Å². The predicted molar refractivity (Wildman–Crippen MR) is 140 cm³/mol. The number of aromatic amines is 1. The molecule has 5 N–H and O–H groups in total. The van der Waals surface area contributed by atoms with Gasteiger partial charge in [0, 0.05) is 23.0 Å². The number of nitrogens with two attached hydrogens (primary N) is 1. The van der Waals surface area contributed by atoms with Crippen LogP contribution in [0.25, 0.3) is 21.3 Å². The van der Waals surface area contributed by atoms with Crippen molar-refractivity contribution in [2.75, 3.05) is 10.6 Å². The van der Waals surface area contributed by atoms with Crippen LogP contribution < -0.4 is 21.9 Å². The summed E-state index contributed by atoms with van der Waals surface area (Å²) < 4.78 is 15.8. The standard InChI is InChI=1S/C26H21FN6O2S/c1-14-17(19-11-20(25(34)33-32-19)30-23-9-6-15(12-28)13-29-23)7-8-18(27)24(14)31-26(35)22-10-16-4-2-3-5-21(16)36-22/h2-11,13H,12,28H2,1H3,(H,31,35)(H,33,34)(H,29,30,32). The molecular formula is C26H21FN6O2S. The number of nitrogens with one attached hydrogen (secondary N) is 3. The molecule has 0 aliphatic heterocycles. The van der Waals surface area contributed by atoms with Gasteiger partial charge in [0.25, 0.3) is 11.5 Å². The molecule has 1 amide bonds. The maximum absolute atomic E-state index is 14.8. The first kappa shape index (κ1) is 23.3. The van der Waals surface area contributed by atoms with Crippen molar-refractivity contribution in [1.29, 1.82) is 0 Å². The summed E-state index contributed by atoms with van der Waals surface area (Å²) in [6.45, 7) is 2.05. The molecule has 0 unspecified atom stereocenters. The first-order valence-corrected chi connectivity index (χ1v) is 11.9. The minimum Gasteiger partial charge on any atom is -0.336 e. The fourth-order valence-electron chi connectivity index (χ4n) is 3.77. The van der Waals surface area contributed by atoms with Gasteiger partial charge in [0.1, 0.15) is 17.3 Å². The molecule has 5 rings (SSSR count). The molecule has 0 aliphatic carbocycles. The van der Waals surface area contributed by atoms with Crippen molar-refractivity contribution in [3.05, 3.63) is 99.0 Å². The summed E-state index contributed by atoms with van der Waals surface area (Å²) in [5.74, 6) is -0.515. The number of rotatable bonds is 6. The third-order valence-corrected chi connectivity index (χ3v) is 6.82. The van der Waals surface area contributed by atoms with E-state index in [1.54, 1.807) is 43.5 Å². The van der Waals surface area contributed by atoms with Gasteiger partial charge in [0.05, 0.1) is 16.3 Å². The third kappa shape index (κ3) is 4.59. The van der Waals surface area contributed by atoms with Crippen LogP contribution in [0.5, 0.6) is 0 Å². The summed E-state index contributed by atoms with van der Waals surface area (Å²) in [4.78, 5) is 30.0. The summed E-state index contributed by atoms with van der Waals surface area (Å²) in [6, 6.07) is 17.3. The van der Waals surface area contributed by atoms with Gasteiger partial charge >= 0.3 is 0 Å². The highest BCUT2D eigenvalue weighted by Gasteiger charge is 2.18. The molecule has 3 aromatic heterocycles. The van der Waals surface area contributed by atoms with Crippen molar-refractivity contribution in [1.82, 2.24) is 15.2 Å². The maximum atomic E-state index is 14.8. The fraction of sp³-hybridized carbons (Fsp3) is 0.0769. The molecule has 8 nitrogen and oxygen atoms in total. The lowest BCUT2D eigenvalue weighted by Crippen LogP contribution is -2.15. The van der Waals surface area contributed by atoms with Crippen LogP contribution in [0.3, 0.4) is 0 Å². The lowest BCUT2D eigenvalue weighted by atomic mass is 10.0. The van der Waals surface area contributed by atoms with E-state index in [2.05, 4.69) is 25.8 Å². The highest BCUT2D eigenvalue weighted by molar-refractivity contribution is 7.20. The monoisotopic (exact) mass is 500 g/mol. The molecule has 0 fully saturated rings. The van der Waals surface area contributed by atoms with E-state index in [0.717, 1.165) is 15.6 Å². The van der Waals surface area contributed by atoms with E-state index < -0.39 is 17.3 Å². The number of halogens is 1. The smallest absolute Gasteiger partial charge is 0.287 e. The summed E-state index contributed by atoms with van der Waals surface area (Å²) >= 11 is 1.34. The predicted octanol–water partition coefficient (Wildman–Crippen LogP) is 4.95. The second-order valence-corrected chi connectivity index (χ2v) is 9.16. The van der Waals surface area contributed by atoms with E-state index in [0.29, 0.717) is 34.1 Å². The Hall–Kier alpha value is -4.41. The normalized spacial score (nSPS) is 11.0. The Morgan fingerprint density at radius 1 is 1.14 bits per heavy atom. The molecule has 3 heterocycles. The summed E-state index contributed by atoms with van der Waals surface area (Å²) in [5, 5.41) is 13.2. The Labute approximate surface area is 209 Å². The number of carbonyl (C=O) groups is 1. The number of pyridine rings is 1. The molecule has 0 saturated carbocycles. The van der Waals surface area contributed by atoms with Gasteiger partial charge in [0.2, 0.25) is 0 Å². The van der Waals surface area contributed by atoms with Crippen LogP contribution in [-0.4, -0.2) is 21.1 Å². The molecule has 2 aromatic carbocycles. The maximum Gasteiger partial charge on any atom is 0.287 e. The number of carbonyl (C=O) groups excluding carboxylic acids is 1. The van der Waals surface area contributed by atoms with Crippen LogP contribution in [-0.2, 0) is 6.54 Å². The Bertz CT molecular complexity index is 1610. The lowest BCUT2D eigenvalue weighted by molar-refractivity contribution is 0.103. The molecule has 0 spiro atoms. The number of aromatic nitrogens is 3. The number of fused-ring (bicyclic) bond motifs is 1. The fourth-order valence-corrected chi connectivity index (χ4v) is 4.73. The number of H-pyrrole nitrogens is 1. The van der Waals surface area contributed by atoms with Crippen LogP contribution in [0.4, 0.5) is 21.6 Å². The van der Waals surface area contributed by atoms with Crippen molar-refractivity contribution in [3.8, 4) is 11.3 Å². The Morgan fingerprint density at radius 3 is 2.72 bits per heavy atom. The first-order valence-electron chi connectivity index (χ1n) is 11.0. The zero-order valence-electron chi connectivity index (χ0n) is 19.1. The van der Waals surface area contributed by atoms with Crippen molar-refractivity contribution in [3.63, 3.8) is 0 Å². The van der Waals surface area contributed by atoms with Crippen molar-refractivity contribution in [2.24, 2.45) is 5.73 Å². The van der Waals surface area contributed by atoms with Gasteiger partial charge in [-0.15, -0.1) is 11.3 Å². The van der Waals surface area contributed by atoms with Gasteiger partial charge in [0.15, 0.2) is 0 Å². The second kappa shape index (κ2) is 9.68. The molecule has 36 heavy (non-hydrogen) atoms. The van der Waals surface area contributed by atoms with Crippen LogP contribution in [0.15, 0.2) is 71.7 Å². The van der Waals surface area contributed by atoms with Gasteiger partial charge in [-0.1, -0.05) is 24.3 Å². The van der Waals surface area contributed by atoms with Crippen molar-refractivity contribution < 1.29 is 9.18 Å². The summed E-state index contributed by atoms with van der Waals surface area (Å²) in [7, 11) is 0. The van der Waals surface area contributed by atoms with E-state index in [4.69, 9.17) is 5.73 Å². The SMILES string of the molecule is Cc1c(-c2cc(Nc3ccc(CN)cn3)c(=O)[nH]n2)ccc(F)c1NC(=O)c1cc2ccccc2s1. The van der Waals surface area contributed by atoms with E-state index in [1.165, 1.54) is 17.4 Å². The summed E-state index contributed by atoms with van der Waals surface area (Å²) in [6.07, 6.45) is 1.62. The molecule has 0 aliphatic rings. The Balaban J connectivity index is 1.45. The molecule has 10 heteroatoms. The number of nitrogens with zero attached hydrogens (tertiary/aromatic N) is 2. The zero-order valence-corrected chi connectivity index (χ0v) is 19.9. The van der Waals surface area contributed by atoms with Crippen molar-refractivity contribution in [2.45, 2.75) is 13.5 Å². The molecule has 0 radical (unpaired) electrons. The average Bonchev–Trinajstić information content (AvgIpc) is 3.33.